The van der Waals surface area contributed by atoms with E-state index in [0.29, 0.717) is 0 Å². The summed E-state index contributed by atoms with van der Waals surface area (Å²) < 4.78 is 7.63. The Morgan fingerprint density at radius 1 is 1.19 bits per heavy atom. The van der Waals surface area contributed by atoms with Crippen LogP contribution in [-0.2, 0) is 11.8 Å². The SMILES string of the molecule is Cn1cccc1C1C(c2ccccn2)NC(=S)N1CCCN1CCOCC1. The topological polar surface area (TPSA) is 45.6 Å². The summed E-state index contributed by atoms with van der Waals surface area (Å²) in [6.45, 7) is 5.76. The maximum atomic E-state index is 5.73. The summed E-state index contributed by atoms with van der Waals surface area (Å²) in [6, 6.07) is 10.6. The van der Waals surface area contributed by atoms with Crippen LogP contribution in [0.4, 0.5) is 0 Å². The number of aromatic nitrogens is 2. The predicted molar refractivity (Wildman–Crippen MR) is 109 cm³/mol. The minimum Gasteiger partial charge on any atom is -0.379 e. The molecule has 2 unspecified atom stereocenters. The molecule has 2 aliphatic rings. The fourth-order valence-electron chi connectivity index (χ4n) is 4.04. The Morgan fingerprint density at radius 2 is 2.04 bits per heavy atom. The molecule has 0 radical (unpaired) electrons. The van der Waals surface area contributed by atoms with Crippen molar-refractivity contribution in [1.82, 2.24) is 24.7 Å². The summed E-state index contributed by atoms with van der Waals surface area (Å²) in [6.07, 6.45) is 5.03. The highest BCUT2D eigenvalue weighted by molar-refractivity contribution is 7.80. The number of hydrogen-bond acceptors (Lipinski definition) is 4. The molecule has 4 heterocycles. The summed E-state index contributed by atoms with van der Waals surface area (Å²) in [5.41, 5.74) is 2.28. The van der Waals surface area contributed by atoms with Crippen molar-refractivity contribution in [3.05, 3.63) is 54.1 Å². The molecule has 0 aliphatic carbocycles. The highest BCUT2D eigenvalue weighted by Crippen LogP contribution is 2.38. The van der Waals surface area contributed by atoms with Gasteiger partial charge in [0.25, 0.3) is 0 Å². The van der Waals surface area contributed by atoms with Gasteiger partial charge in [0.15, 0.2) is 5.11 Å². The van der Waals surface area contributed by atoms with Gasteiger partial charge in [0, 0.05) is 51.3 Å². The van der Waals surface area contributed by atoms with E-state index in [1.807, 2.05) is 18.3 Å². The third-order valence-corrected chi connectivity index (χ3v) is 5.81. The fourth-order valence-corrected chi connectivity index (χ4v) is 4.37. The van der Waals surface area contributed by atoms with Crippen molar-refractivity contribution in [2.45, 2.75) is 18.5 Å². The first-order valence-electron chi connectivity index (χ1n) is 9.63. The summed E-state index contributed by atoms with van der Waals surface area (Å²) in [5.74, 6) is 0. The molecule has 27 heavy (non-hydrogen) atoms. The first kappa shape index (κ1) is 18.4. The molecule has 2 aliphatic heterocycles. The van der Waals surface area contributed by atoms with Crippen molar-refractivity contribution in [2.75, 3.05) is 39.4 Å². The van der Waals surface area contributed by atoms with Gasteiger partial charge in [-0.15, -0.1) is 0 Å². The van der Waals surface area contributed by atoms with Gasteiger partial charge in [-0.25, -0.2) is 0 Å². The Kier molecular flexibility index (Phi) is 5.71. The average Bonchev–Trinajstić information content (AvgIpc) is 3.26. The molecule has 0 amide bonds. The molecular weight excluding hydrogens is 358 g/mol. The lowest BCUT2D eigenvalue weighted by Gasteiger charge is -2.30. The third kappa shape index (κ3) is 4.00. The molecule has 0 bridgehead atoms. The van der Waals surface area contributed by atoms with Crippen molar-refractivity contribution < 1.29 is 4.74 Å². The van der Waals surface area contributed by atoms with E-state index in [4.69, 9.17) is 17.0 Å². The second-order valence-corrected chi connectivity index (χ2v) is 7.56. The quantitative estimate of drug-likeness (QED) is 0.769. The first-order chi connectivity index (χ1) is 13.2. The Hall–Kier alpha value is -1.96. The molecule has 2 aromatic heterocycles. The van der Waals surface area contributed by atoms with Gasteiger partial charge in [0.05, 0.1) is 31.0 Å². The summed E-state index contributed by atoms with van der Waals surface area (Å²) in [4.78, 5) is 9.41. The second kappa shape index (κ2) is 8.37. The first-order valence-corrected chi connectivity index (χ1v) is 10.0. The molecule has 0 aromatic carbocycles. The van der Waals surface area contributed by atoms with Crippen LogP contribution < -0.4 is 5.32 Å². The van der Waals surface area contributed by atoms with E-state index in [1.54, 1.807) is 0 Å². The lowest BCUT2D eigenvalue weighted by molar-refractivity contribution is 0.0365. The Morgan fingerprint density at radius 3 is 2.74 bits per heavy atom. The second-order valence-electron chi connectivity index (χ2n) is 7.17. The zero-order valence-corrected chi connectivity index (χ0v) is 16.6. The van der Waals surface area contributed by atoms with Gasteiger partial charge in [-0.1, -0.05) is 6.07 Å². The zero-order chi connectivity index (χ0) is 18.6. The number of morpholine rings is 1. The highest BCUT2D eigenvalue weighted by Gasteiger charge is 2.40. The molecule has 4 rings (SSSR count). The van der Waals surface area contributed by atoms with Crippen LogP contribution >= 0.6 is 12.2 Å². The average molecular weight is 386 g/mol. The van der Waals surface area contributed by atoms with E-state index in [9.17, 15) is 0 Å². The third-order valence-electron chi connectivity index (χ3n) is 5.46. The van der Waals surface area contributed by atoms with Crippen LogP contribution in [0.15, 0.2) is 42.7 Å². The molecule has 2 fully saturated rings. The van der Waals surface area contributed by atoms with Gasteiger partial charge in [0.2, 0.25) is 0 Å². The fraction of sp³-hybridized carbons (Fsp3) is 0.500. The van der Waals surface area contributed by atoms with Crippen LogP contribution in [0.1, 0.15) is 29.9 Å². The maximum Gasteiger partial charge on any atom is 0.170 e. The van der Waals surface area contributed by atoms with Gasteiger partial charge in [-0.2, -0.15) is 0 Å². The van der Waals surface area contributed by atoms with Crippen LogP contribution in [0.25, 0.3) is 0 Å². The van der Waals surface area contributed by atoms with Crippen LogP contribution in [-0.4, -0.2) is 63.9 Å². The Balaban J connectivity index is 1.51. The standard InChI is InChI=1S/C20H27N5OS/c1-23-9-4-7-17(23)19-18(16-6-2-3-8-21-16)22-20(27)25(19)11-5-10-24-12-14-26-15-13-24/h2-4,6-9,18-19H,5,10-15H2,1H3,(H,22,27). The minimum atomic E-state index is 0.0655. The molecule has 2 saturated heterocycles. The van der Waals surface area contributed by atoms with Crippen molar-refractivity contribution in [2.24, 2.45) is 7.05 Å². The zero-order valence-electron chi connectivity index (χ0n) is 15.8. The summed E-state index contributed by atoms with van der Waals surface area (Å²) in [7, 11) is 2.10. The number of pyridine rings is 1. The van der Waals surface area contributed by atoms with E-state index in [1.165, 1.54) is 5.69 Å². The van der Waals surface area contributed by atoms with Crippen molar-refractivity contribution in [3.63, 3.8) is 0 Å². The number of aryl methyl sites for hydroxylation is 1. The van der Waals surface area contributed by atoms with E-state index < -0.39 is 0 Å². The molecule has 7 heteroatoms. The number of ether oxygens (including phenoxy) is 1. The molecular formula is C20H27N5OS. The minimum absolute atomic E-state index is 0.0655. The molecule has 0 saturated carbocycles. The van der Waals surface area contributed by atoms with Crippen LogP contribution in [0, 0.1) is 0 Å². The lowest BCUT2D eigenvalue weighted by Crippen LogP contribution is -2.39. The lowest BCUT2D eigenvalue weighted by atomic mass is 10.0. The van der Waals surface area contributed by atoms with Gasteiger partial charge < -0.3 is 19.5 Å². The summed E-state index contributed by atoms with van der Waals surface area (Å²) >= 11 is 5.73. The van der Waals surface area contributed by atoms with Crippen molar-refractivity contribution in [1.29, 1.82) is 0 Å². The molecule has 6 nitrogen and oxygen atoms in total. The smallest absolute Gasteiger partial charge is 0.170 e. The van der Waals surface area contributed by atoms with Crippen LogP contribution in [0.5, 0.6) is 0 Å². The number of thiocarbonyl (C=S) groups is 1. The molecule has 2 atom stereocenters. The maximum absolute atomic E-state index is 5.73. The van der Waals surface area contributed by atoms with E-state index in [0.717, 1.165) is 56.6 Å². The number of nitrogens with one attached hydrogen (secondary N) is 1. The van der Waals surface area contributed by atoms with E-state index in [-0.39, 0.29) is 12.1 Å². The van der Waals surface area contributed by atoms with Crippen LogP contribution in [0.3, 0.4) is 0 Å². The van der Waals surface area contributed by atoms with Crippen molar-refractivity contribution >= 4 is 17.3 Å². The molecule has 0 spiro atoms. The molecule has 1 N–H and O–H groups in total. The van der Waals surface area contributed by atoms with E-state index in [2.05, 4.69) is 56.1 Å². The predicted octanol–water partition coefficient (Wildman–Crippen LogP) is 2.11. The molecule has 2 aromatic rings. The monoisotopic (exact) mass is 385 g/mol. The summed E-state index contributed by atoms with van der Waals surface area (Å²) in [5, 5.41) is 4.34. The van der Waals surface area contributed by atoms with Crippen molar-refractivity contribution in [3.8, 4) is 0 Å². The highest BCUT2D eigenvalue weighted by atomic mass is 32.1. The Labute approximate surface area is 166 Å². The number of nitrogens with zero attached hydrogens (tertiary/aromatic N) is 4. The van der Waals surface area contributed by atoms with Gasteiger partial charge in [-0.05, 0) is 42.9 Å². The number of hydrogen-bond donors (Lipinski definition) is 1. The van der Waals surface area contributed by atoms with Gasteiger partial charge >= 0.3 is 0 Å². The largest absolute Gasteiger partial charge is 0.379 e. The Bertz CT molecular complexity index is 759. The number of rotatable bonds is 6. The van der Waals surface area contributed by atoms with Crippen LogP contribution in [0.2, 0.25) is 0 Å². The van der Waals surface area contributed by atoms with E-state index >= 15 is 0 Å². The van der Waals surface area contributed by atoms with Gasteiger partial charge in [-0.3, -0.25) is 9.88 Å². The van der Waals surface area contributed by atoms with Gasteiger partial charge in [0.1, 0.15) is 0 Å². The molecule has 144 valence electrons. The normalized spacial score (nSPS) is 23.6.